The molecular weight excluding hydrogens is 239 g/mol. The lowest BCUT2D eigenvalue weighted by molar-refractivity contribution is 0.394. The molecule has 2 nitrogen and oxygen atoms in total. The summed E-state index contributed by atoms with van der Waals surface area (Å²) in [6.45, 7) is 5.94. The number of nitrogens with one attached hydrogen (secondary N) is 1. The fourth-order valence-corrected chi connectivity index (χ4v) is 2.41. The number of benzene rings is 1. The van der Waals surface area contributed by atoms with Gasteiger partial charge in [0.1, 0.15) is 5.82 Å². The first-order valence-electron chi connectivity index (χ1n) is 6.07. The molecule has 17 heavy (non-hydrogen) atoms. The van der Waals surface area contributed by atoms with Crippen LogP contribution >= 0.6 is 11.6 Å². The second-order valence-electron chi connectivity index (χ2n) is 4.61. The molecule has 94 valence electrons. The van der Waals surface area contributed by atoms with E-state index in [1.807, 2.05) is 0 Å². The average Bonchev–Trinajstić information content (AvgIpc) is 2.33. The Bertz CT molecular complexity index is 397. The summed E-state index contributed by atoms with van der Waals surface area (Å²) in [5.74, 6) is -0.196. The molecule has 0 amide bonds. The molecule has 0 aliphatic carbocycles. The van der Waals surface area contributed by atoms with Gasteiger partial charge in [-0.15, -0.1) is 0 Å². The van der Waals surface area contributed by atoms with Crippen LogP contribution in [0.1, 0.15) is 20.3 Å². The molecule has 1 aliphatic heterocycles. The Kier molecular flexibility index (Phi) is 3.89. The van der Waals surface area contributed by atoms with Crippen LogP contribution in [-0.4, -0.2) is 25.2 Å². The van der Waals surface area contributed by atoms with Crippen molar-refractivity contribution in [2.45, 2.75) is 32.4 Å². The molecule has 0 bridgehead atoms. The fourth-order valence-electron chi connectivity index (χ4n) is 2.24. The molecule has 0 aromatic heterocycles. The van der Waals surface area contributed by atoms with E-state index in [9.17, 15) is 4.39 Å². The van der Waals surface area contributed by atoms with Crippen molar-refractivity contribution in [1.82, 2.24) is 5.32 Å². The minimum absolute atomic E-state index is 0.196. The van der Waals surface area contributed by atoms with Gasteiger partial charge < -0.3 is 10.2 Å². The molecule has 0 radical (unpaired) electrons. The summed E-state index contributed by atoms with van der Waals surface area (Å²) < 4.78 is 13.8. The van der Waals surface area contributed by atoms with E-state index in [4.69, 9.17) is 11.6 Å². The zero-order valence-corrected chi connectivity index (χ0v) is 11.0. The van der Waals surface area contributed by atoms with E-state index < -0.39 is 0 Å². The number of anilines is 1. The van der Waals surface area contributed by atoms with Gasteiger partial charge in [-0.3, -0.25) is 0 Å². The van der Waals surface area contributed by atoms with E-state index in [-0.39, 0.29) is 11.9 Å². The third-order valence-corrected chi connectivity index (χ3v) is 3.60. The van der Waals surface area contributed by atoms with E-state index >= 15 is 0 Å². The van der Waals surface area contributed by atoms with Crippen LogP contribution in [0.3, 0.4) is 0 Å². The van der Waals surface area contributed by atoms with Gasteiger partial charge >= 0.3 is 0 Å². The predicted octanol–water partition coefficient (Wildman–Crippen LogP) is 3.06. The molecule has 1 aromatic carbocycles. The van der Waals surface area contributed by atoms with Crippen molar-refractivity contribution in [3.8, 4) is 0 Å². The third kappa shape index (κ3) is 2.72. The maximum Gasteiger partial charge on any atom is 0.146 e. The van der Waals surface area contributed by atoms with E-state index in [2.05, 4.69) is 24.1 Å². The van der Waals surface area contributed by atoms with Gasteiger partial charge in [-0.25, -0.2) is 4.39 Å². The van der Waals surface area contributed by atoms with Crippen LogP contribution in [-0.2, 0) is 0 Å². The molecule has 1 aromatic rings. The van der Waals surface area contributed by atoms with Crippen LogP contribution in [0.2, 0.25) is 5.02 Å². The molecule has 1 saturated heterocycles. The van der Waals surface area contributed by atoms with Crippen LogP contribution in [0.15, 0.2) is 18.2 Å². The van der Waals surface area contributed by atoms with Crippen molar-refractivity contribution in [1.29, 1.82) is 0 Å². The van der Waals surface area contributed by atoms with Crippen molar-refractivity contribution in [3.05, 3.63) is 29.0 Å². The SMILES string of the molecule is CCC1CN(c2cc(Cl)ccc2F)C(C)CN1. The summed E-state index contributed by atoms with van der Waals surface area (Å²) in [5, 5.41) is 4.04. The highest BCUT2D eigenvalue weighted by molar-refractivity contribution is 6.30. The maximum absolute atomic E-state index is 13.8. The molecular formula is C13H18ClFN2. The Balaban J connectivity index is 2.27. The van der Waals surface area contributed by atoms with Crippen molar-refractivity contribution in [3.63, 3.8) is 0 Å². The van der Waals surface area contributed by atoms with Crippen LogP contribution in [0, 0.1) is 5.82 Å². The molecule has 1 fully saturated rings. The predicted molar refractivity (Wildman–Crippen MR) is 70.3 cm³/mol. The third-order valence-electron chi connectivity index (χ3n) is 3.36. The van der Waals surface area contributed by atoms with Crippen molar-refractivity contribution in [2.24, 2.45) is 0 Å². The summed E-state index contributed by atoms with van der Waals surface area (Å²) >= 11 is 5.95. The van der Waals surface area contributed by atoms with Gasteiger partial charge in [0.2, 0.25) is 0 Å². The molecule has 2 unspecified atom stereocenters. The van der Waals surface area contributed by atoms with Crippen molar-refractivity contribution >= 4 is 17.3 Å². The number of piperazine rings is 1. The van der Waals surface area contributed by atoms with Gasteiger partial charge in [0.05, 0.1) is 5.69 Å². The summed E-state index contributed by atoms with van der Waals surface area (Å²) in [7, 11) is 0. The zero-order chi connectivity index (χ0) is 12.4. The number of nitrogens with zero attached hydrogens (tertiary/aromatic N) is 1. The molecule has 2 rings (SSSR count). The Labute approximate surface area is 107 Å². The highest BCUT2D eigenvalue weighted by atomic mass is 35.5. The van der Waals surface area contributed by atoms with E-state index in [1.165, 1.54) is 6.07 Å². The highest BCUT2D eigenvalue weighted by Crippen LogP contribution is 2.27. The Morgan fingerprint density at radius 1 is 1.53 bits per heavy atom. The van der Waals surface area contributed by atoms with E-state index in [0.29, 0.717) is 16.8 Å². The van der Waals surface area contributed by atoms with Gasteiger partial charge in [-0.05, 0) is 31.5 Å². The number of halogens is 2. The van der Waals surface area contributed by atoms with E-state index in [0.717, 1.165) is 19.5 Å². The van der Waals surface area contributed by atoms with Gasteiger partial charge in [-0.1, -0.05) is 18.5 Å². The van der Waals surface area contributed by atoms with Crippen molar-refractivity contribution < 1.29 is 4.39 Å². The number of hydrogen-bond donors (Lipinski definition) is 1. The first-order chi connectivity index (χ1) is 8.11. The van der Waals surface area contributed by atoms with Gasteiger partial charge in [0, 0.05) is 30.2 Å². The molecule has 0 spiro atoms. The maximum atomic E-state index is 13.8. The monoisotopic (exact) mass is 256 g/mol. The summed E-state index contributed by atoms with van der Waals surface area (Å²) in [5.41, 5.74) is 0.616. The smallest absolute Gasteiger partial charge is 0.146 e. The fraction of sp³-hybridized carbons (Fsp3) is 0.538. The Hall–Kier alpha value is -0.800. The summed E-state index contributed by atoms with van der Waals surface area (Å²) in [6.07, 6.45) is 1.05. The lowest BCUT2D eigenvalue weighted by Gasteiger charge is -2.40. The minimum Gasteiger partial charge on any atom is -0.364 e. The van der Waals surface area contributed by atoms with Crippen LogP contribution < -0.4 is 10.2 Å². The van der Waals surface area contributed by atoms with Crippen molar-refractivity contribution in [2.75, 3.05) is 18.0 Å². The number of rotatable bonds is 2. The minimum atomic E-state index is -0.196. The second kappa shape index (κ2) is 5.23. The Morgan fingerprint density at radius 2 is 2.29 bits per heavy atom. The molecule has 1 N–H and O–H groups in total. The largest absolute Gasteiger partial charge is 0.364 e. The lowest BCUT2D eigenvalue weighted by atomic mass is 10.1. The van der Waals surface area contributed by atoms with Gasteiger partial charge in [-0.2, -0.15) is 0 Å². The molecule has 1 aliphatic rings. The zero-order valence-electron chi connectivity index (χ0n) is 10.2. The van der Waals surface area contributed by atoms with Crippen LogP contribution in [0.25, 0.3) is 0 Å². The second-order valence-corrected chi connectivity index (χ2v) is 5.05. The lowest BCUT2D eigenvalue weighted by Crippen LogP contribution is -2.55. The normalized spacial score (nSPS) is 25.1. The van der Waals surface area contributed by atoms with Crippen LogP contribution in [0.4, 0.5) is 10.1 Å². The number of hydrogen-bond acceptors (Lipinski definition) is 2. The molecule has 0 saturated carbocycles. The van der Waals surface area contributed by atoms with E-state index in [1.54, 1.807) is 12.1 Å². The molecule has 1 heterocycles. The standard InChI is InChI=1S/C13H18ClFN2/c1-3-11-8-17(9(2)7-16-11)13-6-10(14)4-5-12(13)15/h4-6,9,11,16H,3,7-8H2,1-2H3. The quantitative estimate of drug-likeness (QED) is 0.875. The first kappa shape index (κ1) is 12.7. The summed E-state index contributed by atoms with van der Waals surface area (Å²) in [6, 6.07) is 5.44. The first-order valence-corrected chi connectivity index (χ1v) is 6.44. The average molecular weight is 257 g/mol. The molecule has 4 heteroatoms. The Morgan fingerprint density at radius 3 is 3.00 bits per heavy atom. The highest BCUT2D eigenvalue weighted by Gasteiger charge is 2.25. The topological polar surface area (TPSA) is 15.3 Å². The van der Waals surface area contributed by atoms with Gasteiger partial charge in [0.25, 0.3) is 0 Å². The molecule has 2 atom stereocenters. The summed E-state index contributed by atoms with van der Waals surface area (Å²) in [4.78, 5) is 2.10. The van der Waals surface area contributed by atoms with Crippen LogP contribution in [0.5, 0.6) is 0 Å². The van der Waals surface area contributed by atoms with Gasteiger partial charge in [0.15, 0.2) is 0 Å².